The van der Waals surface area contributed by atoms with E-state index in [1.54, 1.807) is 12.1 Å². The predicted molar refractivity (Wildman–Crippen MR) is 110 cm³/mol. The summed E-state index contributed by atoms with van der Waals surface area (Å²) in [4.78, 5) is 16.8. The van der Waals surface area contributed by atoms with Gasteiger partial charge in [0.05, 0.1) is 11.1 Å². The number of nitrogens with one attached hydrogen (secondary N) is 1. The van der Waals surface area contributed by atoms with Crippen molar-refractivity contribution in [2.24, 2.45) is 0 Å². The molecule has 1 aromatic heterocycles. The third kappa shape index (κ3) is 3.38. The lowest BCUT2D eigenvalue weighted by atomic mass is 9.87. The lowest BCUT2D eigenvalue weighted by molar-refractivity contribution is 0.0696. The molecular weight excluding hydrogens is 352 g/mol. The van der Waals surface area contributed by atoms with Crippen molar-refractivity contribution in [1.29, 1.82) is 0 Å². The quantitative estimate of drug-likeness (QED) is 0.708. The molecule has 5 heteroatoms. The number of likely N-dealkylation sites (N-methyl/N-ethyl adjacent to an activating group) is 1. The van der Waals surface area contributed by atoms with Crippen molar-refractivity contribution in [3.63, 3.8) is 0 Å². The van der Waals surface area contributed by atoms with Crippen molar-refractivity contribution < 1.29 is 14.6 Å². The summed E-state index contributed by atoms with van der Waals surface area (Å²) >= 11 is 0. The monoisotopic (exact) mass is 378 g/mol. The zero-order valence-electron chi connectivity index (χ0n) is 16.5. The van der Waals surface area contributed by atoms with E-state index in [1.165, 1.54) is 5.56 Å². The van der Waals surface area contributed by atoms with Gasteiger partial charge < -0.3 is 19.7 Å². The van der Waals surface area contributed by atoms with Crippen LogP contribution in [0.3, 0.4) is 0 Å². The second-order valence-corrected chi connectivity index (χ2v) is 7.85. The van der Waals surface area contributed by atoms with Crippen LogP contribution in [0, 0.1) is 13.8 Å². The third-order valence-corrected chi connectivity index (χ3v) is 5.78. The molecule has 2 N–H and O–H groups in total. The van der Waals surface area contributed by atoms with Gasteiger partial charge in [-0.05, 0) is 62.2 Å². The van der Waals surface area contributed by atoms with Crippen molar-refractivity contribution in [2.45, 2.75) is 32.3 Å². The first-order chi connectivity index (χ1) is 13.4. The summed E-state index contributed by atoms with van der Waals surface area (Å²) in [5.74, 6) is 0.241. The normalized spacial score (nSPS) is 20.4. The van der Waals surface area contributed by atoms with Gasteiger partial charge >= 0.3 is 5.97 Å². The molecular formula is C23H26N2O3. The molecule has 1 aliphatic heterocycles. The molecule has 3 aromatic rings. The summed E-state index contributed by atoms with van der Waals surface area (Å²) in [6, 6.07) is 11.5. The number of likely N-dealkylation sites (tertiary alicyclic amines) is 1. The first-order valence-electron chi connectivity index (χ1n) is 9.70. The summed E-state index contributed by atoms with van der Waals surface area (Å²) in [5, 5.41) is 10.3. The number of rotatable bonds is 4. The molecule has 0 saturated carbocycles. The fourth-order valence-electron chi connectivity index (χ4n) is 4.30. The molecule has 28 heavy (non-hydrogen) atoms. The van der Waals surface area contributed by atoms with E-state index in [-0.39, 0.29) is 12.0 Å². The number of aryl methyl sites for hydroxylation is 2. The van der Waals surface area contributed by atoms with E-state index < -0.39 is 5.97 Å². The second kappa shape index (κ2) is 7.32. The molecule has 1 fully saturated rings. The summed E-state index contributed by atoms with van der Waals surface area (Å²) in [5.41, 5.74) is 4.92. The SMILES string of the molecule is Cc1cc(C)c2[nH]ccc2c1O[C@H]1CCN(C)C[C@@H]1c1ccc(C(=O)O)cc1. The number of aromatic amines is 1. The zero-order chi connectivity index (χ0) is 19.8. The average Bonchev–Trinajstić information content (AvgIpc) is 3.16. The van der Waals surface area contributed by atoms with E-state index in [0.717, 1.165) is 47.3 Å². The minimum Gasteiger partial charge on any atom is -0.489 e. The molecule has 1 aliphatic rings. The maximum Gasteiger partial charge on any atom is 0.335 e. The van der Waals surface area contributed by atoms with Gasteiger partial charge in [-0.25, -0.2) is 4.79 Å². The molecule has 2 heterocycles. The summed E-state index contributed by atoms with van der Waals surface area (Å²) in [6.07, 6.45) is 2.94. The molecule has 2 aromatic carbocycles. The Labute approximate surface area is 164 Å². The number of hydrogen-bond acceptors (Lipinski definition) is 3. The maximum absolute atomic E-state index is 11.2. The molecule has 4 rings (SSSR count). The first-order valence-corrected chi connectivity index (χ1v) is 9.70. The van der Waals surface area contributed by atoms with Gasteiger partial charge in [0.2, 0.25) is 0 Å². The predicted octanol–water partition coefficient (Wildman–Crippen LogP) is 4.35. The number of hydrogen-bond donors (Lipinski definition) is 2. The Balaban J connectivity index is 1.67. The third-order valence-electron chi connectivity index (χ3n) is 5.78. The van der Waals surface area contributed by atoms with Crippen molar-refractivity contribution in [2.75, 3.05) is 20.1 Å². The van der Waals surface area contributed by atoms with E-state index in [9.17, 15) is 9.90 Å². The molecule has 0 unspecified atom stereocenters. The molecule has 0 spiro atoms. The molecule has 0 bridgehead atoms. The lowest BCUT2D eigenvalue weighted by Crippen LogP contribution is -2.42. The Morgan fingerprint density at radius 3 is 2.64 bits per heavy atom. The van der Waals surface area contributed by atoms with Crippen LogP contribution in [0.4, 0.5) is 0 Å². The van der Waals surface area contributed by atoms with Crippen LogP contribution in [0.5, 0.6) is 5.75 Å². The van der Waals surface area contributed by atoms with E-state index in [4.69, 9.17) is 4.74 Å². The van der Waals surface area contributed by atoms with Crippen LogP contribution in [-0.2, 0) is 0 Å². The maximum atomic E-state index is 11.2. The van der Waals surface area contributed by atoms with E-state index in [2.05, 4.69) is 42.9 Å². The Morgan fingerprint density at radius 2 is 1.93 bits per heavy atom. The molecule has 0 aliphatic carbocycles. The van der Waals surface area contributed by atoms with Crippen LogP contribution >= 0.6 is 0 Å². The van der Waals surface area contributed by atoms with Gasteiger partial charge in [-0.15, -0.1) is 0 Å². The number of H-pyrrole nitrogens is 1. The van der Waals surface area contributed by atoms with Crippen LogP contribution in [0.2, 0.25) is 0 Å². The lowest BCUT2D eigenvalue weighted by Gasteiger charge is -2.37. The number of nitrogens with zero attached hydrogens (tertiary/aromatic N) is 1. The van der Waals surface area contributed by atoms with Gasteiger partial charge in [0.1, 0.15) is 11.9 Å². The molecule has 1 saturated heterocycles. The van der Waals surface area contributed by atoms with Crippen LogP contribution < -0.4 is 4.74 Å². The molecule has 0 radical (unpaired) electrons. The number of carboxylic acid groups (broad SMARTS) is 1. The van der Waals surface area contributed by atoms with Crippen LogP contribution in [0.15, 0.2) is 42.6 Å². The molecule has 5 nitrogen and oxygen atoms in total. The number of aromatic carboxylic acids is 1. The number of aromatic nitrogens is 1. The fourth-order valence-corrected chi connectivity index (χ4v) is 4.30. The van der Waals surface area contributed by atoms with Crippen LogP contribution in [-0.4, -0.2) is 47.2 Å². The Bertz CT molecular complexity index is 1010. The molecule has 2 atom stereocenters. The fraction of sp³-hybridized carbons (Fsp3) is 0.348. The van der Waals surface area contributed by atoms with E-state index in [1.807, 2.05) is 18.3 Å². The van der Waals surface area contributed by atoms with Gasteiger partial charge in [0, 0.05) is 30.6 Å². The highest BCUT2D eigenvalue weighted by Gasteiger charge is 2.31. The largest absolute Gasteiger partial charge is 0.489 e. The summed E-state index contributed by atoms with van der Waals surface area (Å²) < 4.78 is 6.64. The van der Waals surface area contributed by atoms with Gasteiger partial charge in [0.25, 0.3) is 0 Å². The van der Waals surface area contributed by atoms with Gasteiger partial charge in [-0.3, -0.25) is 0 Å². The number of ether oxygens (including phenoxy) is 1. The Morgan fingerprint density at radius 1 is 1.18 bits per heavy atom. The summed E-state index contributed by atoms with van der Waals surface area (Å²) in [7, 11) is 2.12. The minimum absolute atomic E-state index is 0.0476. The number of benzene rings is 2. The van der Waals surface area contributed by atoms with Gasteiger partial charge in [0.15, 0.2) is 0 Å². The first kappa shape index (κ1) is 18.6. The zero-order valence-corrected chi connectivity index (χ0v) is 16.5. The molecule has 0 amide bonds. The van der Waals surface area contributed by atoms with Crippen molar-refractivity contribution in [1.82, 2.24) is 9.88 Å². The number of fused-ring (bicyclic) bond motifs is 1. The van der Waals surface area contributed by atoms with Gasteiger partial charge in [-0.2, -0.15) is 0 Å². The summed E-state index contributed by atoms with van der Waals surface area (Å²) in [6.45, 7) is 6.08. The number of piperidine rings is 1. The molecule has 146 valence electrons. The Kier molecular flexibility index (Phi) is 4.85. The number of carboxylic acids is 1. The topological polar surface area (TPSA) is 65.6 Å². The standard InChI is InChI=1S/C23H26N2O3/c1-14-12-15(2)22(18-8-10-24-21(14)18)28-20-9-11-25(3)13-19(20)16-4-6-17(7-5-16)23(26)27/h4-8,10,12,19-20,24H,9,11,13H2,1-3H3,(H,26,27)/t19-,20+/m1/s1. The van der Waals surface area contributed by atoms with Crippen LogP contribution in [0.25, 0.3) is 10.9 Å². The minimum atomic E-state index is -0.898. The van der Waals surface area contributed by atoms with E-state index in [0.29, 0.717) is 5.56 Å². The average molecular weight is 378 g/mol. The highest BCUT2D eigenvalue weighted by molar-refractivity contribution is 5.90. The van der Waals surface area contributed by atoms with Crippen molar-refractivity contribution in [3.8, 4) is 5.75 Å². The van der Waals surface area contributed by atoms with Gasteiger partial charge in [-0.1, -0.05) is 18.2 Å². The number of carbonyl (C=O) groups is 1. The Hall–Kier alpha value is -2.79. The van der Waals surface area contributed by atoms with Crippen molar-refractivity contribution in [3.05, 3.63) is 64.8 Å². The van der Waals surface area contributed by atoms with Crippen molar-refractivity contribution >= 4 is 16.9 Å². The smallest absolute Gasteiger partial charge is 0.335 e. The second-order valence-electron chi connectivity index (χ2n) is 7.85. The highest BCUT2D eigenvalue weighted by Crippen LogP contribution is 2.36. The van der Waals surface area contributed by atoms with Crippen LogP contribution in [0.1, 0.15) is 39.4 Å². The van der Waals surface area contributed by atoms with E-state index >= 15 is 0 Å². The highest BCUT2D eigenvalue weighted by atomic mass is 16.5.